The molecule has 132 valence electrons. The second kappa shape index (κ2) is 8.51. The number of likely N-dealkylation sites (tertiary alicyclic amines) is 1. The maximum Gasteiger partial charge on any atom is 0.272 e. The number of aromatic nitrogens is 1. The number of ether oxygens (including phenoxy) is 1. The first kappa shape index (κ1) is 20.5. The van der Waals surface area contributed by atoms with Crippen LogP contribution in [0.4, 0.5) is 0 Å². The van der Waals surface area contributed by atoms with E-state index in [9.17, 15) is 4.79 Å². The van der Waals surface area contributed by atoms with E-state index in [-0.39, 0.29) is 36.8 Å². The maximum atomic E-state index is 12.7. The molecule has 0 saturated carbocycles. The molecular weight excluding hydrogens is 349 g/mol. The van der Waals surface area contributed by atoms with Crippen molar-refractivity contribution in [2.24, 2.45) is 11.7 Å². The number of amides is 1. The van der Waals surface area contributed by atoms with Gasteiger partial charge in [-0.15, -0.1) is 24.8 Å². The van der Waals surface area contributed by atoms with Gasteiger partial charge in [0.25, 0.3) is 5.91 Å². The lowest BCUT2D eigenvalue weighted by molar-refractivity contribution is 0.0738. The number of hydrogen-bond donors (Lipinski definition) is 1. The van der Waals surface area contributed by atoms with Crippen LogP contribution in [-0.2, 0) is 0 Å². The van der Waals surface area contributed by atoms with E-state index in [1.54, 1.807) is 13.2 Å². The molecule has 7 heteroatoms. The quantitative estimate of drug-likeness (QED) is 0.900. The molecular formula is C17H23Cl2N3O2. The first-order valence-electron chi connectivity index (χ1n) is 7.58. The van der Waals surface area contributed by atoms with Crippen LogP contribution in [0.25, 0.3) is 10.9 Å². The fourth-order valence-electron chi connectivity index (χ4n) is 3.09. The predicted molar refractivity (Wildman–Crippen MR) is 100 cm³/mol. The van der Waals surface area contributed by atoms with E-state index in [0.717, 1.165) is 29.6 Å². The Morgan fingerprint density at radius 1 is 1.33 bits per heavy atom. The van der Waals surface area contributed by atoms with Crippen LogP contribution in [0.1, 0.15) is 23.8 Å². The third-order valence-electron chi connectivity index (χ3n) is 4.37. The minimum Gasteiger partial charge on any atom is -0.497 e. The first-order valence-corrected chi connectivity index (χ1v) is 7.58. The summed E-state index contributed by atoms with van der Waals surface area (Å²) in [5.74, 6) is 1.16. The third kappa shape index (κ3) is 3.91. The summed E-state index contributed by atoms with van der Waals surface area (Å²) in [6.07, 6.45) is 0.965. The monoisotopic (exact) mass is 371 g/mol. The number of carbonyl (C=O) groups is 1. The van der Waals surface area contributed by atoms with E-state index in [0.29, 0.717) is 18.2 Å². The Hall–Kier alpha value is -1.56. The van der Waals surface area contributed by atoms with Crippen LogP contribution >= 0.6 is 24.8 Å². The van der Waals surface area contributed by atoms with Gasteiger partial charge in [-0.2, -0.15) is 0 Å². The lowest BCUT2D eigenvalue weighted by Crippen LogP contribution is -2.34. The summed E-state index contributed by atoms with van der Waals surface area (Å²) in [5.41, 5.74) is 7.02. The lowest BCUT2D eigenvalue weighted by Gasteiger charge is -2.21. The van der Waals surface area contributed by atoms with Gasteiger partial charge >= 0.3 is 0 Å². The summed E-state index contributed by atoms with van der Waals surface area (Å²) in [7, 11) is 1.63. The zero-order valence-electron chi connectivity index (χ0n) is 13.8. The Kier molecular flexibility index (Phi) is 7.27. The highest BCUT2D eigenvalue weighted by atomic mass is 35.5. The van der Waals surface area contributed by atoms with Crippen molar-refractivity contribution in [1.82, 2.24) is 9.88 Å². The van der Waals surface area contributed by atoms with Crippen molar-refractivity contribution in [3.63, 3.8) is 0 Å². The van der Waals surface area contributed by atoms with E-state index in [2.05, 4.69) is 11.9 Å². The van der Waals surface area contributed by atoms with E-state index >= 15 is 0 Å². The van der Waals surface area contributed by atoms with Crippen molar-refractivity contribution in [2.75, 3.05) is 20.2 Å². The molecule has 3 rings (SSSR count). The molecule has 5 nitrogen and oxygen atoms in total. The number of rotatable bonds is 3. The van der Waals surface area contributed by atoms with Crippen molar-refractivity contribution in [3.05, 3.63) is 36.0 Å². The number of nitrogens with zero attached hydrogens (tertiary/aromatic N) is 2. The number of fused-ring (bicyclic) bond motifs is 1. The molecule has 1 aromatic heterocycles. The van der Waals surface area contributed by atoms with Gasteiger partial charge in [-0.25, -0.2) is 4.98 Å². The molecule has 1 amide bonds. The van der Waals surface area contributed by atoms with Crippen LogP contribution in [0.2, 0.25) is 0 Å². The summed E-state index contributed by atoms with van der Waals surface area (Å²) in [6.45, 7) is 3.41. The number of benzene rings is 1. The van der Waals surface area contributed by atoms with Crippen molar-refractivity contribution in [3.8, 4) is 5.75 Å². The van der Waals surface area contributed by atoms with Crippen molar-refractivity contribution in [1.29, 1.82) is 0 Å². The van der Waals surface area contributed by atoms with Crippen LogP contribution < -0.4 is 10.5 Å². The summed E-state index contributed by atoms with van der Waals surface area (Å²) in [6, 6.07) is 9.56. The van der Waals surface area contributed by atoms with Crippen LogP contribution in [-0.4, -0.2) is 42.0 Å². The van der Waals surface area contributed by atoms with E-state index in [1.807, 2.05) is 29.2 Å². The van der Waals surface area contributed by atoms with Crippen LogP contribution in [0.5, 0.6) is 5.75 Å². The Bertz CT molecular complexity index is 711. The number of carbonyl (C=O) groups excluding carboxylic acids is 1. The molecule has 2 aromatic rings. The molecule has 1 aromatic carbocycles. The van der Waals surface area contributed by atoms with Crippen LogP contribution in [0, 0.1) is 5.92 Å². The second-order valence-corrected chi connectivity index (χ2v) is 5.90. The second-order valence-electron chi connectivity index (χ2n) is 5.90. The Balaban J connectivity index is 0.00000144. The first-order chi connectivity index (χ1) is 10.6. The van der Waals surface area contributed by atoms with Crippen LogP contribution in [0.15, 0.2) is 30.3 Å². The van der Waals surface area contributed by atoms with Crippen LogP contribution in [0.3, 0.4) is 0 Å². The average molecular weight is 372 g/mol. The number of pyridine rings is 1. The van der Waals surface area contributed by atoms with Crippen molar-refractivity contribution < 1.29 is 9.53 Å². The summed E-state index contributed by atoms with van der Waals surface area (Å²) in [5, 5.41) is 0.963. The molecule has 1 saturated heterocycles. The zero-order valence-corrected chi connectivity index (χ0v) is 15.4. The number of nitrogens with two attached hydrogens (primary N) is 1. The Labute approximate surface area is 154 Å². The summed E-state index contributed by atoms with van der Waals surface area (Å²) >= 11 is 0. The molecule has 1 aliphatic heterocycles. The molecule has 2 heterocycles. The highest BCUT2D eigenvalue weighted by molar-refractivity contribution is 5.95. The minimum atomic E-state index is -0.0128. The zero-order chi connectivity index (χ0) is 15.7. The summed E-state index contributed by atoms with van der Waals surface area (Å²) in [4.78, 5) is 19.1. The SMILES string of the molecule is COc1ccc2nc(C(=O)N3CC(CN)CC3C)ccc2c1.Cl.Cl. The molecule has 0 radical (unpaired) electrons. The Morgan fingerprint density at radius 3 is 2.71 bits per heavy atom. The van der Waals surface area contributed by atoms with Gasteiger partial charge in [0, 0.05) is 18.0 Å². The van der Waals surface area contributed by atoms with Gasteiger partial charge in [0.05, 0.1) is 12.6 Å². The van der Waals surface area contributed by atoms with Gasteiger partial charge < -0.3 is 15.4 Å². The normalized spacial score (nSPS) is 19.5. The lowest BCUT2D eigenvalue weighted by atomic mass is 10.1. The van der Waals surface area contributed by atoms with E-state index in [1.165, 1.54) is 0 Å². The molecule has 2 unspecified atom stereocenters. The molecule has 1 fully saturated rings. The third-order valence-corrected chi connectivity index (χ3v) is 4.37. The van der Waals surface area contributed by atoms with Gasteiger partial charge in [0.2, 0.25) is 0 Å². The van der Waals surface area contributed by atoms with Crippen molar-refractivity contribution >= 4 is 41.6 Å². The Morgan fingerprint density at radius 2 is 2.08 bits per heavy atom. The molecule has 2 atom stereocenters. The van der Waals surface area contributed by atoms with Gasteiger partial charge in [0.1, 0.15) is 11.4 Å². The number of methoxy groups -OCH3 is 1. The average Bonchev–Trinajstić information content (AvgIpc) is 2.94. The van der Waals surface area contributed by atoms with Gasteiger partial charge in [-0.1, -0.05) is 6.07 Å². The molecule has 24 heavy (non-hydrogen) atoms. The molecule has 0 bridgehead atoms. The smallest absolute Gasteiger partial charge is 0.272 e. The minimum absolute atomic E-state index is 0. The van der Waals surface area contributed by atoms with Gasteiger partial charge in [-0.05, 0) is 50.1 Å². The van der Waals surface area contributed by atoms with Gasteiger partial charge in [-0.3, -0.25) is 4.79 Å². The standard InChI is InChI=1S/C17H21N3O2.2ClH/c1-11-7-12(9-18)10-20(11)17(21)16-5-3-13-8-14(22-2)4-6-15(13)19-16;;/h3-6,8,11-12H,7,9-10,18H2,1-2H3;2*1H. The topological polar surface area (TPSA) is 68.5 Å². The van der Waals surface area contributed by atoms with E-state index in [4.69, 9.17) is 10.5 Å². The molecule has 0 spiro atoms. The van der Waals surface area contributed by atoms with Crippen molar-refractivity contribution in [2.45, 2.75) is 19.4 Å². The summed E-state index contributed by atoms with van der Waals surface area (Å²) < 4.78 is 5.20. The number of hydrogen-bond acceptors (Lipinski definition) is 4. The fraction of sp³-hybridized carbons (Fsp3) is 0.412. The number of halogens is 2. The molecule has 2 N–H and O–H groups in total. The maximum absolute atomic E-state index is 12.7. The van der Waals surface area contributed by atoms with E-state index < -0.39 is 0 Å². The molecule has 1 aliphatic rings. The highest BCUT2D eigenvalue weighted by Crippen LogP contribution is 2.25. The predicted octanol–water partition coefficient (Wildman–Crippen LogP) is 2.90. The highest BCUT2D eigenvalue weighted by Gasteiger charge is 2.32. The van der Waals surface area contributed by atoms with Gasteiger partial charge in [0.15, 0.2) is 0 Å². The largest absolute Gasteiger partial charge is 0.497 e. The fourth-order valence-corrected chi connectivity index (χ4v) is 3.09. The molecule has 0 aliphatic carbocycles.